The molecule has 0 saturated carbocycles. The van der Waals surface area contributed by atoms with Crippen LogP contribution in [0.1, 0.15) is 6.92 Å². The van der Waals surface area contributed by atoms with Crippen molar-refractivity contribution in [1.29, 1.82) is 0 Å². The molecule has 1 fully saturated rings. The van der Waals surface area contributed by atoms with Crippen molar-refractivity contribution in [1.82, 2.24) is 5.32 Å². The van der Waals surface area contributed by atoms with Crippen LogP contribution in [0, 0.1) is 0 Å². The normalized spacial score (nSPS) is 31.1. The van der Waals surface area contributed by atoms with Crippen molar-refractivity contribution in [3.8, 4) is 0 Å². The number of ether oxygens (including phenoxy) is 2. The van der Waals surface area contributed by atoms with Crippen molar-refractivity contribution in [3.05, 3.63) is 0 Å². The van der Waals surface area contributed by atoms with Gasteiger partial charge in [0.1, 0.15) is 0 Å². The average molecular weight is 182 g/mol. The van der Waals surface area contributed by atoms with Gasteiger partial charge in [-0.05, 0) is 6.92 Å². The first kappa shape index (κ1) is 11.2. The highest BCUT2D eigenvalue weighted by Crippen LogP contribution is 1.99. The molecule has 1 rings (SSSR count). The second kappa shape index (κ2) is 5.77. The van der Waals surface area contributed by atoms with E-state index in [4.69, 9.17) is 9.47 Å². The fourth-order valence-corrected chi connectivity index (χ4v) is 1.02. The average Bonchev–Trinajstić information content (AvgIpc) is 1.95. The molecule has 0 aromatic rings. The van der Waals surface area contributed by atoms with Crippen molar-refractivity contribution in [3.63, 3.8) is 0 Å². The van der Waals surface area contributed by atoms with Crippen LogP contribution >= 0.6 is 12.4 Å². The molecular weight excluding hydrogens is 166 g/mol. The molecule has 2 atom stereocenters. The van der Waals surface area contributed by atoms with Crippen molar-refractivity contribution in [2.24, 2.45) is 0 Å². The molecule has 68 valence electrons. The molecule has 1 unspecified atom stereocenters. The van der Waals surface area contributed by atoms with E-state index in [1.807, 2.05) is 0 Å². The predicted molar refractivity (Wildman–Crippen MR) is 46.3 cm³/mol. The van der Waals surface area contributed by atoms with Gasteiger partial charge >= 0.3 is 0 Å². The maximum Gasteiger partial charge on any atom is 0.0933 e. The van der Waals surface area contributed by atoms with E-state index in [1.54, 1.807) is 7.11 Å². The molecule has 0 aromatic heterocycles. The lowest BCUT2D eigenvalue weighted by molar-refractivity contribution is -0.0330. The smallest absolute Gasteiger partial charge is 0.0933 e. The van der Waals surface area contributed by atoms with Crippen LogP contribution in [0.15, 0.2) is 0 Å². The minimum absolute atomic E-state index is 0. The molecule has 0 radical (unpaired) electrons. The van der Waals surface area contributed by atoms with Gasteiger partial charge in [-0.1, -0.05) is 0 Å². The molecule has 0 aliphatic carbocycles. The van der Waals surface area contributed by atoms with Gasteiger partial charge in [0.05, 0.1) is 19.3 Å². The number of hydrogen-bond acceptors (Lipinski definition) is 3. The first-order chi connectivity index (χ1) is 4.83. The van der Waals surface area contributed by atoms with Gasteiger partial charge in [-0.2, -0.15) is 0 Å². The van der Waals surface area contributed by atoms with E-state index in [9.17, 15) is 0 Å². The van der Waals surface area contributed by atoms with Crippen LogP contribution in [0.5, 0.6) is 0 Å². The van der Waals surface area contributed by atoms with Gasteiger partial charge in [-0.3, -0.25) is 0 Å². The van der Waals surface area contributed by atoms with Crippen LogP contribution in [0.4, 0.5) is 0 Å². The van der Waals surface area contributed by atoms with Crippen LogP contribution in [0.25, 0.3) is 0 Å². The first-order valence-electron chi connectivity index (χ1n) is 3.67. The van der Waals surface area contributed by atoms with Crippen LogP contribution in [-0.2, 0) is 9.47 Å². The Morgan fingerprint density at radius 1 is 1.64 bits per heavy atom. The Morgan fingerprint density at radius 2 is 2.36 bits per heavy atom. The fourth-order valence-electron chi connectivity index (χ4n) is 1.02. The van der Waals surface area contributed by atoms with Gasteiger partial charge in [-0.25, -0.2) is 0 Å². The van der Waals surface area contributed by atoms with E-state index in [0.717, 1.165) is 13.2 Å². The molecule has 1 N–H and O–H groups in total. The van der Waals surface area contributed by atoms with Crippen molar-refractivity contribution >= 4 is 12.4 Å². The number of hydrogen-bond donors (Lipinski definition) is 1. The van der Waals surface area contributed by atoms with E-state index in [2.05, 4.69) is 12.2 Å². The van der Waals surface area contributed by atoms with E-state index < -0.39 is 0 Å². The van der Waals surface area contributed by atoms with Gasteiger partial charge < -0.3 is 14.8 Å². The van der Waals surface area contributed by atoms with Crippen molar-refractivity contribution in [2.45, 2.75) is 19.1 Å². The number of nitrogens with one attached hydrogen (secondary N) is 1. The first-order valence-corrected chi connectivity index (χ1v) is 3.67. The highest BCUT2D eigenvalue weighted by molar-refractivity contribution is 5.85. The number of rotatable bonds is 2. The molecule has 11 heavy (non-hydrogen) atoms. The van der Waals surface area contributed by atoms with Crippen LogP contribution < -0.4 is 5.32 Å². The number of methoxy groups -OCH3 is 1. The number of morpholine rings is 1. The van der Waals surface area contributed by atoms with Crippen LogP contribution in [0.3, 0.4) is 0 Å². The van der Waals surface area contributed by atoms with Gasteiger partial charge in [0, 0.05) is 19.7 Å². The topological polar surface area (TPSA) is 30.5 Å². The molecule has 1 aliphatic rings. The summed E-state index contributed by atoms with van der Waals surface area (Å²) in [6.07, 6.45) is 0.251. The minimum atomic E-state index is 0. The third-order valence-electron chi connectivity index (χ3n) is 1.63. The molecule has 4 heteroatoms. The molecule has 0 bridgehead atoms. The summed E-state index contributed by atoms with van der Waals surface area (Å²) in [5, 5.41) is 3.31. The monoisotopic (exact) mass is 181 g/mol. The Morgan fingerprint density at radius 3 is 2.82 bits per heavy atom. The Balaban J connectivity index is 0.000001000. The fraction of sp³-hybridized carbons (Fsp3) is 1.00. The highest BCUT2D eigenvalue weighted by atomic mass is 35.5. The summed E-state index contributed by atoms with van der Waals surface area (Å²) >= 11 is 0. The quantitative estimate of drug-likeness (QED) is 0.671. The summed E-state index contributed by atoms with van der Waals surface area (Å²) < 4.78 is 10.4. The summed E-state index contributed by atoms with van der Waals surface area (Å²) in [5.74, 6) is 0. The third-order valence-corrected chi connectivity index (χ3v) is 1.63. The lowest BCUT2D eigenvalue weighted by Gasteiger charge is -2.27. The third kappa shape index (κ3) is 3.91. The largest absolute Gasteiger partial charge is 0.382 e. The summed E-state index contributed by atoms with van der Waals surface area (Å²) in [5.41, 5.74) is 0. The molecule has 3 nitrogen and oxygen atoms in total. The zero-order chi connectivity index (χ0) is 7.40. The van der Waals surface area contributed by atoms with E-state index in [-0.39, 0.29) is 18.5 Å². The Hall–Kier alpha value is 0.170. The Kier molecular flexibility index (Phi) is 5.86. The van der Waals surface area contributed by atoms with Gasteiger partial charge in [0.2, 0.25) is 0 Å². The molecule has 0 amide bonds. The highest BCUT2D eigenvalue weighted by Gasteiger charge is 2.16. The molecule has 0 spiro atoms. The summed E-state index contributed by atoms with van der Waals surface area (Å²) in [6.45, 7) is 4.52. The van der Waals surface area contributed by atoms with Gasteiger partial charge in [0.15, 0.2) is 0 Å². The zero-order valence-corrected chi connectivity index (χ0v) is 7.82. The second-order valence-corrected chi connectivity index (χ2v) is 2.72. The Bertz CT molecular complexity index is 94.4. The second-order valence-electron chi connectivity index (χ2n) is 2.72. The van der Waals surface area contributed by atoms with E-state index in [0.29, 0.717) is 12.6 Å². The molecular formula is C7H16ClNO2. The van der Waals surface area contributed by atoms with E-state index in [1.165, 1.54) is 0 Å². The minimum Gasteiger partial charge on any atom is -0.382 e. The van der Waals surface area contributed by atoms with Crippen LogP contribution in [-0.4, -0.2) is 39.0 Å². The molecule has 1 aliphatic heterocycles. The summed E-state index contributed by atoms with van der Waals surface area (Å²) in [7, 11) is 1.70. The van der Waals surface area contributed by atoms with Crippen molar-refractivity contribution < 1.29 is 9.47 Å². The molecule has 0 aromatic carbocycles. The van der Waals surface area contributed by atoms with E-state index >= 15 is 0 Å². The predicted octanol–water partition coefficient (Wildman–Crippen LogP) is 0.432. The summed E-state index contributed by atoms with van der Waals surface area (Å²) in [4.78, 5) is 0. The van der Waals surface area contributed by atoms with Crippen molar-refractivity contribution in [2.75, 3.05) is 26.9 Å². The summed E-state index contributed by atoms with van der Waals surface area (Å²) in [6, 6.07) is 0.494. The SMILES string of the molecule is COCC1CN[C@H](C)CO1.Cl. The van der Waals surface area contributed by atoms with Gasteiger partial charge in [-0.15, -0.1) is 12.4 Å². The standard InChI is InChI=1S/C7H15NO2.ClH/c1-6-4-10-7(3-8-6)5-9-2;/h6-8H,3-5H2,1-2H3;1H/t6-,7?;/m1./s1. The molecule has 1 heterocycles. The zero-order valence-electron chi connectivity index (χ0n) is 7.00. The molecule has 1 saturated heterocycles. The maximum absolute atomic E-state index is 5.44. The lowest BCUT2D eigenvalue weighted by Crippen LogP contribution is -2.46. The Labute approximate surface area is 73.9 Å². The maximum atomic E-state index is 5.44. The number of halogens is 1. The lowest BCUT2D eigenvalue weighted by atomic mass is 10.2. The van der Waals surface area contributed by atoms with Gasteiger partial charge in [0.25, 0.3) is 0 Å². The van der Waals surface area contributed by atoms with Crippen LogP contribution in [0.2, 0.25) is 0 Å².